The summed E-state index contributed by atoms with van der Waals surface area (Å²) >= 11 is 0. The number of ether oxygens (including phenoxy) is 1. The summed E-state index contributed by atoms with van der Waals surface area (Å²) in [6.07, 6.45) is 1.60. The summed E-state index contributed by atoms with van der Waals surface area (Å²) in [5.74, 6) is 1.82. The maximum Gasteiger partial charge on any atom is 0.226 e. The summed E-state index contributed by atoms with van der Waals surface area (Å²) in [6, 6.07) is 13.5. The number of anilines is 1. The van der Waals surface area contributed by atoms with E-state index in [4.69, 9.17) is 9.26 Å². The van der Waals surface area contributed by atoms with Crippen LogP contribution in [0.25, 0.3) is 11.4 Å². The largest absolute Gasteiger partial charge is 0.497 e. The maximum atomic E-state index is 12.2. The Bertz CT molecular complexity index is 917. The second kappa shape index (κ2) is 8.49. The summed E-state index contributed by atoms with van der Waals surface area (Å²) in [6.45, 7) is 3.99. The van der Waals surface area contributed by atoms with Crippen LogP contribution in [-0.4, -0.2) is 23.2 Å². The number of carbonyl (C=O) groups excluding carboxylic acids is 1. The highest BCUT2D eigenvalue weighted by atomic mass is 16.5. The molecule has 0 unspecified atom stereocenters. The summed E-state index contributed by atoms with van der Waals surface area (Å²) in [7, 11) is 1.62. The van der Waals surface area contributed by atoms with Gasteiger partial charge in [0.2, 0.25) is 17.6 Å². The van der Waals surface area contributed by atoms with E-state index in [1.54, 1.807) is 7.11 Å². The molecule has 6 nitrogen and oxygen atoms in total. The lowest BCUT2D eigenvalue weighted by Gasteiger charge is -2.08. The molecule has 1 N–H and O–H groups in total. The van der Waals surface area contributed by atoms with Crippen LogP contribution in [-0.2, 0) is 11.2 Å². The minimum absolute atomic E-state index is 0.0152. The van der Waals surface area contributed by atoms with Crippen molar-refractivity contribution in [1.29, 1.82) is 0 Å². The molecular formula is C21H23N3O3. The normalized spacial score (nSPS) is 10.6. The molecule has 6 heteroatoms. The number of carbonyl (C=O) groups is 1. The van der Waals surface area contributed by atoms with Crippen molar-refractivity contribution < 1.29 is 14.1 Å². The van der Waals surface area contributed by atoms with Gasteiger partial charge in [0.1, 0.15) is 5.75 Å². The van der Waals surface area contributed by atoms with Gasteiger partial charge >= 0.3 is 0 Å². The molecule has 0 saturated heterocycles. The first-order valence-corrected chi connectivity index (χ1v) is 8.89. The van der Waals surface area contributed by atoms with Crippen molar-refractivity contribution in [3.63, 3.8) is 0 Å². The fraction of sp³-hybridized carbons (Fsp3) is 0.286. The highest BCUT2D eigenvalue weighted by Crippen LogP contribution is 2.20. The van der Waals surface area contributed by atoms with Crippen LogP contribution in [0.5, 0.6) is 5.75 Å². The molecule has 0 saturated carbocycles. The number of rotatable bonds is 7. The van der Waals surface area contributed by atoms with Gasteiger partial charge in [0.05, 0.1) is 7.11 Å². The topological polar surface area (TPSA) is 77.2 Å². The molecule has 1 heterocycles. The molecule has 1 aromatic heterocycles. The maximum absolute atomic E-state index is 12.2. The van der Waals surface area contributed by atoms with Crippen molar-refractivity contribution in [2.75, 3.05) is 12.4 Å². The number of benzene rings is 2. The van der Waals surface area contributed by atoms with E-state index in [1.807, 2.05) is 56.3 Å². The number of nitrogens with one attached hydrogen (secondary N) is 1. The standard InChI is InChI=1S/C21H23N3O3/c1-14-7-8-15(2)18(13-14)22-19(25)5-4-6-20-23-21(24-27-20)16-9-11-17(26-3)12-10-16/h7-13H,4-6H2,1-3H3,(H,22,25). The third-order valence-electron chi connectivity index (χ3n) is 4.28. The first-order valence-electron chi connectivity index (χ1n) is 8.89. The fourth-order valence-electron chi connectivity index (χ4n) is 2.70. The van der Waals surface area contributed by atoms with Crippen molar-refractivity contribution in [3.05, 3.63) is 59.5 Å². The molecular weight excluding hydrogens is 342 g/mol. The average molecular weight is 365 g/mol. The van der Waals surface area contributed by atoms with Gasteiger partial charge in [-0.2, -0.15) is 4.98 Å². The van der Waals surface area contributed by atoms with Crippen LogP contribution < -0.4 is 10.1 Å². The van der Waals surface area contributed by atoms with E-state index in [1.165, 1.54) is 0 Å². The summed E-state index contributed by atoms with van der Waals surface area (Å²) in [5, 5.41) is 6.96. The van der Waals surface area contributed by atoms with Crippen LogP contribution in [0.1, 0.15) is 29.9 Å². The quantitative estimate of drug-likeness (QED) is 0.674. The number of amides is 1. The van der Waals surface area contributed by atoms with Gasteiger partial charge in [-0.1, -0.05) is 17.3 Å². The van der Waals surface area contributed by atoms with E-state index in [-0.39, 0.29) is 5.91 Å². The van der Waals surface area contributed by atoms with Gasteiger partial charge in [-0.3, -0.25) is 4.79 Å². The monoisotopic (exact) mass is 365 g/mol. The molecule has 0 bridgehead atoms. The zero-order chi connectivity index (χ0) is 19.2. The Labute approximate surface area is 158 Å². The molecule has 0 spiro atoms. The van der Waals surface area contributed by atoms with Crippen molar-refractivity contribution in [2.24, 2.45) is 0 Å². The van der Waals surface area contributed by atoms with Gasteiger partial charge in [-0.25, -0.2) is 0 Å². The zero-order valence-corrected chi connectivity index (χ0v) is 15.8. The third kappa shape index (κ3) is 4.94. The second-order valence-electron chi connectivity index (χ2n) is 6.46. The highest BCUT2D eigenvalue weighted by molar-refractivity contribution is 5.91. The van der Waals surface area contributed by atoms with Crippen molar-refractivity contribution in [3.8, 4) is 17.1 Å². The van der Waals surface area contributed by atoms with Crippen LogP contribution in [0.2, 0.25) is 0 Å². The lowest BCUT2D eigenvalue weighted by atomic mass is 10.1. The Morgan fingerprint density at radius 3 is 2.67 bits per heavy atom. The predicted octanol–water partition coefficient (Wildman–Crippen LogP) is 4.32. The molecule has 27 heavy (non-hydrogen) atoms. The molecule has 140 valence electrons. The molecule has 2 aromatic carbocycles. The van der Waals surface area contributed by atoms with Gasteiger partial charge in [0.25, 0.3) is 0 Å². The SMILES string of the molecule is COc1ccc(-c2noc(CCCC(=O)Nc3cc(C)ccc3C)n2)cc1. The van der Waals surface area contributed by atoms with Crippen LogP contribution in [0.15, 0.2) is 47.0 Å². The predicted molar refractivity (Wildman–Crippen MR) is 104 cm³/mol. The van der Waals surface area contributed by atoms with Crippen molar-refractivity contribution in [2.45, 2.75) is 33.1 Å². The number of aryl methyl sites for hydroxylation is 3. The minimum atomic E-state index is -0.0152. The second-order valence-corrected chi connectivity index (χ2v) is 6.46. The van der Waals surface area contributed by atoms with Crippen molar-refractivity contribution >= 4 is 11.6 Å². The number of nitrogens with zero attached hydrogens (tertiary/aromatic N) is 2. The highest BCUT2D eigenvalue weighted by Gasteiger charge is 2.10. The van der Waals surface area contributed by atoms with Gasteiger partial charge < -0.3 is 14.6 Å². The molecule has 0 aliphatic carbocycles. The van der Waals surface area contributed by atoms with E-state index in [0.29, 0.717) is 31.0 Å². The molecule has 0 atom stereocenters. The summed E-state index contributed by atoms with van der Waals surface area (Å²) < 4.78 is 10.4. The third-order valence-corrected chi connectivity index (χ3v) is 4.28. The van der Waals surface area contributed by atoms with Crippen LogP contribution in [0.3, 0.4) is 0 Å². The molecule has 1 amide bonds. The van der Waals surface area contributed by atoms with E-state index in [9.17, 15) is 4.79 Å². The van der Waals surface area contributed by atoms with Gasteiger partial charge in [-0.05, 0) is 61.7 Å². The number of aromatic nitrogens is 2. The Morgan fingerprint density at radius 1 is 1.15 bits per heavy atom. The number of hydrogen-bond acceptors (Lipinski definition) is 5. The number of methoxy groups -OCH3 is 1. The van der Waals surface area contributed by atoms with Crippen LogP contribution >= 0.6 is 0 Å². The molecule has 0 aliphatic rings. The Kier molecular flexibility index (Phi) is 5.86. The minimum Gasteiger partial charge on any atom is -0.497 e. The van der Waals surface area contributed by atoms with Crippen molar-refractivity contribution in [1.82, 2.24) is 10.1 Å². The molecule has 3 rings (SSSR count). The average Bonchev–Trinajstić information content (AvgIpc) is 3.14. The first kappa shape index (κ1) is 18.6. The van der Waals surface area contributed by atoms with E-state index in [2.05, 4.69) is 15.5 Å². The Balaban J connectivity index is 1.51. The molecule has 3 aromatic rings. The van der Waals surface area contributed by atoms with Gasteiger partial charge in [0.15, 0.2) is 0 Å². The summed E-state index contributed by atoms with van der Waals surface area (Å²) in [4.78, 5) is 16.6. The Hall–Kier alpha value is -3.15. The smallest absolute Gasteiger partial charge is 0.226 e. The summed E-state index contributed by atoms with van der Waals surface area (Å²) in [5.41, 5.74) is 3.89. The van der Waals surface area contributed by atoms with Crippen LogP contribution in [0, 0.1) is 13.8 Å². The fourth-order valence-corrected chi connectivity index (χ4v) is 2.70. The molecule has 0 fully saturated rings. The Morgan fingerprint density at radius 2 is 1.93 bits per heavy atom. The molecule has 0 aliphatic heterocycles. The van der Waals surface area contributed by atoms with E-state index in [0.717, 1.165) is 28.1 Å². The zero-order valence-electron chi connectivity index (χ0n) is 15.8. The van der Waals surface area contributed by atoms with E-state index >= 15 is 0 Å². The van der Waals surface area contributed by atoms with Gasteiger partial charge in [-0.15, -0.1) is 0 Å². The lowest BCUT2D eigenvalue weighted by molar-refractivity contribution is -0.116. The first-order chi connectivity index (χ1) is 13.0. The van der Waals surface area contributed by atoms with Gasteiger partial charge in [0, 0.05) is 24.1 Å². The lowest BCUT2D eigenvalue weighted by Crippen LogP contribution is -2.12. The van der Waals surface area contributed by atoms with E-state index < -0.39 is 0 Å². The molecule has 0 radical (unpaired) electrons. The van der Waals surface area contributed by atoms with Crippen LogP contribution in [0.4, 0.5) is 5.69 Å². The number of hydrogen-bond donors (Lipinski definition) is 1.